The van der Waals surface area contributed by atoms with Gasteiger partial charge in [-0.3, -0.25) is 0 Å². The molecule has 0 amide bonds. The lowest BCUT2D eigenvalue weighted by Crippen LogP contribution is -2.02. The first kappa shape index (κ1) is 13.9. The zero-order chi connectivity index (χ0) is 13.9. The van der Waals surface area contributed by atoms with Gasteiger partial charge in [0.1, 0.15) is 5.82 Å². The number of rotatable bonds is 3. The number of hydrogen-bond donors (Lipinski definition) is 1. The van der Waals surface area contributed by atoms with Crippen LogP contribution in [0, 0.1) is 0 Å². The van der Waals surface area contributed by atoms with Crippen LogP contribution in [0.25, 0.3) is 0 Å². The SMILES string of the molecule is NCc1ccc(Sc2nnc3n2CCCCC3)cc1Cl. The molecule has 2 N–H and O–H groups in total. The number of fused-ring (bicyclic) bond motifs is 1. The predicted molar refractivity (Wildman–Crippen MR) is 81.0 cm³/mol. The fourth-order valence-electron chi connectivity index (χ4n) is 2.40. The number of hydrogen-bond acceptors (Lipinski definition) is 4. The zero-order valence-electron chi connectivity index (χ0n) is 11.2. The van der Waals surface area contributed by atoms with Gasteiger partial charge in [-0.05, 0) is 42.3 Å². The van der Waals surface area contributed by atoms with Crippen LogP contribution in [0.3, 0.4) is 0 Å². The number of aromatic nitrogens is 3. The first-order valence-electron chi connectivity index (χ1n) is 6.86. The Labute approximate surface area is 127 Å². The molecule has 0 saturated carbocycles. The molecular weight excluding hydrogens is 292 g/mol. The van der Waals surface area contributed by atoms with E-state index >= 15 is 0 Å². The predicted octanol–water partition coefficient (Wildman–Crippen LogP) is 3.27. The van der Waals surface area contributed by atoms with Crippen LogP contribution in [0.15, 0.2) is 28.3 Å². The summed E-state index contributed by atoms with van der Waals surface area (Å²) in [6.07, 6.45) is 4.70. The maximum Gasteiger partial charge on any atom is 0.196 e. The molecule has 1 aromatic heterocycles. The van der Waals surface area contributed by atoms with E-state index in [2.05, 4.69) is 14.8 Å². The summed E-state index contributed by atoms with van der Waals surface area (Å²) in [6, 6.07) is 5.97. The van der Waals surface area contributed by atoms with E-state index in [0.717, 1.165) is 34.4 Å². The highest BCUT2D eigenvalue weighted by Crippen LogP contribution is 2.31. The second-order valence-electron chi connectivity index (χ2n) is 4.92. The minimum atomic E-state index is 0.462. The van der Waals surface area contributed by atoms with E-state index in [9.17, 15) is 0 Å². The Morgan fingerprint density at radius 3 is 2.95 bits per heavy atom. The summed E-state index contributed by atoms with van der Waals surface area (Å²) in [4.78, 5) is 1.08. The molecule has 2 aromatic rings. The topological polar surface area (TPSA) is 56.7 Å². The summed E-state index contributed by atoms with van der Waals surface area (Å²) in [6.45, 7) is 1.48. The molecule has 0 aliphatic carbocycles. The van der Waals surface area contributed by atoms with Gasteiger partial charge in [-0.2, -0.15) is 0 Å². The molecule has 106 valence electrons. The minimum Gasteiger partial charge on any atom is -0.326 e. The molecule has 20 heavy (non-hydrogen) atoms. The van der Waals surface area contributed by atoms with Crippen LogP contribution in [0.1, 0.15) is 30.7 Å². The number of halogens is 1. The molecule has 6 heteroatoms. The molecular formula is C14H17ClN4S. The van der Waals surface area contributed by atoms with E-state index in [0.29, 0.717) is 11.6 Å². The Bertz CT molecular complexity index is 611. The van der Waals surface area contributed by atoms with E-state index in [1.165, 1.54) is 19.3 Å². The fraction of sp³-hybridized carbons (Fsp3) is 0.429. The second kappa shape index (κ2) is 6.16. The molecule has 1 aromatic carbocycles. The van der Waals surface area contributed by atoms with E-state index in [-0.39, 0.29) is 0 Å². The van der Waals surface area contributed by atoms with Gasteiger partial charge in [0, 0.05) is 29.4 Å². The zero-order valence-corrected chi connectivity index (χ0v) is 12.8. The Balaban J connectivity index is 1.84. The lowest BCUT2D eigenvalue weighted by Gasteiger charge is -2.07. The van der Waals surface area contributed by atoms with Gasteiger partial charge in [-0.25, -0.2) is 0 Å². The molecule has 0 saturated heterocycles. The van der Waals surface area contributed by atoms with Crippen molar-refractivity contribution in [3.8, 4) is 0 Å². The third-order valence-corrected chi connectivity index (χ3v) is 4.86. The van der Waals surface area contributed by atoms with Crippen molar-refractivity contribution in [2.45, 2.75) is 48.8 Å². The van der Waals surface area contributed by atoms with Gasteiger partial charge in [-0.15, -0.1) is 10.2 Å². The molecule has 1 aliphatic heterocycles. The summed E-state index contributed by atoms with van der Waals surface area (Å²) < 4.78 is 2.24. The van der Waals surface area contributed by atoms with Gasteiger partial charge in [0.25, 0.3) is 0 Å². The van der Waals surface area contributed by atoms with Gasteiger partial charge in [0.2, 0.25) is 0 Å². The third-order valence-electron chi connectivity index (χ3n) is 3.53. The van der Waals surface area contributed by atoms with Crippen molar-refractivity contribution < 1.29 is 0 Å². The molecule has 0 spiro atoms. The van der Waals surface area contributed by atoms with Crippen molar-refractivity contribution in [2.24, 2.45) is 5.73 Å². The molecule has 0 bridgehead atoms. The smallest absolute Gasteiger partial charge is 0.196 e. The maximum absolute atomic E-state index is 6.20. The van der Waals surface area contributed by atoms with Crippen molar-refractivity contribution in [1.82, 2.24) is 14.8 Å². The van der Waals surface area contributed by atoms with Crippen LogP contribution in [0.5, 0.6) is 0 Å². The fourth-order valence-corrected chi connectivity index (χ4v) is 3.63. The second-order valence-corrected chi connectivity index (χ2v) is 6.37. The lowest BCUT2D eigenvalue weighted by molar-refractivity contribution is 0.591. The van der Waals surface area contributed by atoms with Gasteiger partial charge in [0.15, 0.2) is 5.16 Å². The van der Waals surface area contributed by atoms with Crippen LogP contribution in [0.2, 0.25) is 5.02 Å². The Morgan fingerprint density at radius 1 is 1.25 bits per heavy atom. The number of aryl methyl sites for hydroxylation is 1. The third kappa shape index (κ3) is 2.85. The molecule has 0 radical (unpaired) electrons. The molecule has 0 fully saturated rings. The van der Waals surface area contributed by atoms with Crippen LogP contribution in [0.4, 0.5) is 0 Å². The van der Waals surface area contributed by atoms with E-state index in [1.54, 1.807) is 11.8 Å². The lowest BCUT2D eigenvalue weighted by atomic mass is 10.2. The van der Waals surface area contributed by atoms with Crippen molar-refractivity contribution in [1.29, 1.82) is 0 Å². The van der Waals surface area contributed by atoms with E-state index in [1.807, 2.05) is 18.2 Å². The van der Waals surface area contributed by atoms with Gasteiger partial charge < -0.3 is 10.3 Å². The Morgan fingerprint density at radius 2 is 2.15 bits per heavy atom. The summed E-state index contributed by atoms with van der Waals surface area (Å²) >= 11 is 7.82. The summed E-state index contributed by atoms with van der Waals surface area (Å²) in [5.41, 5.74) is 6.60. The number of benzene rings is 1. The first-order chi connectivity index (χ1) is 9.78. The van der Waals surface area contributed by atoms with Crippen LogP contribution >= 0.6 is 23.4 Å². The molecule has 1 aliphatic rings. The highest BCUT2D eigenvalue weighted by Gasteiger charge is 2.15. The normalized spacial score (nSPS) is 14.9. The minimum absolute atomic E-state index is 0.462. The highest BCUT2D eigenvalue weighted by molar-refractivity contribution is 7.99. The first-order valence-corrected chi connectivity index (χ1v) is 8.06. The van der Waals surface area contributed by atoms with Gasteiger partial charge in [0.05, 0.1) is 0 Å². The van der Waals surface area contributed by atoms with Crippen LogP contribution in [-0.4, -0.2) is 14.8 Å². The molecule has 2 heterocycles. The Hall–Kier alpha value is -1.04. The molecule has 4 nitrogen and oxygen atoms in total. The quantitative estimate of drug-likeness (QED) is 0.945. The highest BCUT2D eigenvalue weighted by atomic mass is 35.5. The van der Waals surface area contributed by atoms with Gasteiger partial charge in [-0.1, -0.05) is 24.1 Å². The molecule has 0 atom stereocenters. The van der Waals surface area contributed by atoms with Crippen LogP contribution in [-0.2, 0) is 19.5 Å². The molecule has 3 rings (SSSR count). The van der Waals surface area contributed by atoms with E-state index < -0.39 is 0 Å². The number of nitrogens with zero attached hydrogens (tertiary/aromatic N) is 3. The number of nitrogens with two attached hydrogens (primary N) is 1. The summed E-state index contributed by atoms with van der Waals surface area (Å²) in [5, 5.41) is 10.3. The monoisotopic (exact) mass is 308 g/mol. The van der Waals surface area contributed by atoms with E-state index in [4.69, 9.17) is 17.3 Å². The standard InChI is InChI=1S/C14H17ClN4S/c15-12-8-11(6-5-10(12)9-16)20-14-18-17-13-4-2-1-3-7-19(13)14/h5-6,8H,1-4,7,9,16H2. The van der Waals surface area contributed by atoms with Gasteiger partial charge >= 0.3 is 0 Å². The maximum atomic E-state index is 6.20. The molecule has 0 unspecified atom stereocenters. The Kier molecular flexibility index (Phi) is 4.29. The van der Waals surface area contributed by atoms with Crippen LogP contribution < -0.4 is 5.73 Å². The average Bonchev–Trinajstić information content (AvgIpc) is 2.68. The largest absolute Gasteiger partial charge is 0.326 e. The average molecular weight is 309 g/mol. The van der Waals surface area contributed by atoms with Crippen molar-refractivity contribution >= 4 is 23.4 Å². The van der Waals surface area contributed by atoms with Crippen molar-refractivity contribution in [3.05, 3.63) is 34.6 Å². The summed E-state index contributed by atoms with van der Waals surface area (Å²) in [5.74, 6) is 1.11. The summed E-state index contributed by atoms with van der Waals surface area (Å²) in [7, 11) is 0. The van der Waals surface area contributed by atoms with Crippen molar-refractivity contribution in [3.63, 3.8) is 0 Å². The van der Waals surface area contributed by atoms with Crippen molar-refractivity contribution in [2.75, 3.05) is 0 Å².